The summed E-state index contributed by atoms with van der Waals surface area (Å²) < 4.78 is 25.6. The lowest BCUT2D eigenvalue weighted by molar-refractivity contribution is -0.122. The molecule has 2 rings (SSSR count). The van der Waals surface area contributed by atoms with E-state index in [-0.39, 0.29) is 28.9 Å². The second-order valence-electron chi connectivity index (χ2n) is 3.93. The van der Waals surface area contributed by atoms with Crippen LogP contribution in [0.1, 0.15) is 5.69 Å². The summed E-state index contributed by atoms with van der Waals surface area (Å²) in [5.74, 6) is -0.317. The summed E-state index contributed by atoms with van der Waals surface area (Å²) >= 11 is 4.74. The lowest BCUT2D eigenvalue weighted by Gasteiger charge is -2.25. The molecule has 3 N–H and O–H groups in total. The van der Waals surface area contributed by atoms with E-state index in [9.17, 15) is 13.2 Å². The van der Waals surface area contributed by atoms with Gasteiger partial charge in [0.25, 0.3) is 0 Å². The van der Waals surface area contributed by atoms with Crippen molar-refractivity contribution in [1.29, 1.82) is 0 Å². The summed E-state index contributed by atoms with van der Waals surface area (Å²) in [4.78, 5) is 15.2. The van der Waals surface area contributed by atoms with Gasteiger partial charge in [-0.25, -0.2) is 8.42 Å². The Labute approximate surface area is 115 Å². The number of carbonyl (C=O) groups is 1. The van der Waals surface area contributed by atoms with E-state index < -0.39 is 10.0 Å². The van der Waals surface area contributed by atoms with Crippen LogP contribution < -0.4 is 11.1 Å². The number of amides is 1. The van der Waals surface area contributed by atoms with Crippen molar-refractivity contribution in [2.45, 2.75) is 4.90 Å². The number of rotatable bonds is 3. The minimum Gasteiger partial charge on any atom is -0.388 e. The van der Waals surface area contributed by atoms with Crippen molar-refractivity contribution in [1.82, 2.24) is 14.6 Å². The molecule has 0 aliphatic carbocycles. The quantitative estimate of drug-likeness (QED) is 0.682. The highest BCUT2D eigenvalue weighted by Crippen LogP contribution is 2.15. The number of sulfonamides is 1. The summed E-state index contributed by atoms with van der Waals surface area (Å²) in [6.45, 7) is 0.362. The fourth-order valence-electron chi connectivity index (χ4n) is 1.65. The second-order valence-corrected chi connectivity index (χ2v) is 6.31. The molecule has 1 aromatic heterocycles. The van der Waals surface area contributed by atoms with Crippen LogP contribution in [-0.4, -0.2) is 48.2 Å². The lowest BCUT2D eigenvalue weighted by Crippen LogP contribution is -2.49. The molecule has 1 saturated heterocycles. The number of hydrogen-bond acceptors (Lipinski definition) is 5. The molecule has 0 atom stereocenters. The van der Waals surface area contributed by atoms with E-state index in [1.165, 1.54) is 18.3 Å². The van der Waals surface area contributed by atoms with Crippen LogP contribution in [0.5, 0.6) is 0 Å². The van der Waals surface area contributed by atoms with Gasteiger partial charge in [-0.15, -0.1) is 0 Å². The topological polar surface area (TPSA) is 105 Å². The SMILES string of the molecule is NC(=S)c1ccc(S(=O)(=O)N2CCNC(=O)C2)cn1. The Morgan fingerprint density at radius 3 is 2.74 bits per heavy atom. The van der Waals surface area contributed by atoms with Crippen LogP contribution in [-0.2, 0) is 14.8 Å². The van der Waals surface area contributed by atoms with Gasteiger partial charge in [0, 0.05) is 19.3 Å². The van der Waals surface area contributed by atoms with Crippen molar-refractivity contribution < 1.29 is 13.2 Å². The summed E-state index contributed by atoms with van der Waals surface area (Å²) in [6, 6.07) is 2.82. The first-order valence-corrected chi connectivity index (χ1v) is 7.29. The van der Waals surface area contributed by atoms with Crippen LogP contribution in [0.2, 0.25) is 0 Å². The van der Waals surface area contributed by atoms with Crippen LogP contribution in [0.3, 0.4) is 0 Å². The van der Waals surface area contributed by atoms with Crippen LogP contribution in [0.4, 0.5) is 0 Å². The predicted molar refractivity (Wildman–Crippen MR) is 71.9 cm³/mol. The molecule has 0 unspecified atom stereocenters. The molecule has 102 valence electrons. The maximum atomic E-state index is 12.3. The van der Waals surface area contributed by atoms with E-state index >= 15 is 0 Å². The maximum Gasteiger partial charge on any atom is 0.245 e. The molecule has 1 amide bonds. The van der Waals surface area contributed by atoms with Gasteiger partial charge in [-0.1, -0.05) is 12.2 Å². The van der Waals surface area contributed by atoms with E-state index in [0.717, 1.165) is 4.31 Å². The number of carbonyl (C=O) groups excluding carboxylic acids is 1. The van der Waals surface area contributed by atoms with Gasteiger partial charge >= 0.3 is 0 Å². The third kappa shape index (κ3) is 2.88. The van der Waals surface area contributed by atoms with Gasteiger partial charge in [-0.05, 0) is 12.1 Å². The molecule has 1 fully saturated rings. The van der Waals surface area contributed by atoms with Crippen molar-refractivity contribution in [2.75, 3.05) is 19.6 Å². The molecule has 1 aromatic rings. The summed E-state index contributed by atoms with van der Waals surface area (Å²) in [5.41, 5.74) is 5.74. The zero-order valence-corrected chi connectivity index (χ0v) is 11.5. The Morgan fingerprint density at radius 1 is 1.47 bits per heavy atom. The summed E-state index contributed by atoms with van der Waals surface area (Å²) in [5, 5.41) is 2.57. The van der Waals surface area contributed by atoms with Crippen LogP contribution in [0.15, 0.2) is 23.2 Å². The third-order valence-corrected chi connectivity index (χ3v) is 4.67. The minimum absolute atomic E-state index is 0.0159. The Bertz CT molecular complexity index is 612. The molecule has 0 radical (unpaired) electrons. The smallest absolute Gasteiger partial charge is 0.245 e. The molecule has 0 aromatic carbocycles. The Morgan fingerprint density at radius 2 is 2.21 bits per heavy atom. The molecule has 19 heavy (non-hydrogen) atoms. The average Bonchev–Trinajstić information content (AvgIpc) is 2.39. The zero-order valence-electron chi connectivity index (χ0n) is 9.87. The highest BCUT2D eigenvalue weighted by molar-refractivity contribution is 7.89. The molecule has 2 heterocycles. The van der Waals surface area contributed by atoms with E-state index in [2.05, 4.69) is 10.3 Å². The third-order valence-electron chi connectivity index (χ3n) is 2.63. The first-order valence-electron chi connectivity index (χ1n) is 5.44. The van der Waals surface area contributed by atoms with Gasteiger partial charge in [-0.2, -0.15) is 4.31 Å². The van der Waals surface area contributed by atoms with Crippen molar-refractivity contribution >= 4 is 33.1 Å². The van der Waals surface area contributed by atoms with Crippen molar-refractivity contribution in [3.05, 3.63) is 24.0 Å². The summed E-state index contributed by atoms with van der Waals surface area (Å²) in [7, 11) is -3.71. The zero-order chi connectivity index (χ0) is 14.0. The normalized spacial score (nSPS) is 16.9. The first-order chi connectivity index (χ1) is 8.91. The van der Waals surface area contributed by atoms with Crippen LogP contribution >= 0.6 is 12.2 Å². The molecule has 1 aliphatic heterocycles. The molecular weight excluding hydrogens is 288 g/mol. The van der Waals surface area contributed by atoms with Crippen molar-refractivity contribution in [3.63, 3.8) is 0 Å². The molecule has 0 spiro atoms. The Hall–Kier alpha value is -1.58. The fraction of sp³-hybridized carbons (Fsp3) is 0.300. The van der Waals surface area contributed by atoms with E-state index in [1.54, 1.807) is 0 Å². The fourth-order valence-corrected chi connectivity index (χ4v) is 3.11. The lowest BCUT2D eigenvalue weighted by atomic mass is 10.3. The highest BCUT2D eigenvalue weighted by atomic mass is 32.2. The monoisotopic (exact) mass is 300 g/mol. The largest absolute Gasteiger partial charge is 0.388 e. The number of piperazine rings is 1. The Kier molecular flexibility index (Phi) is 3.78. The van der Waals surface area contributed by atoms with Crippen LogP contribution in [0.25, 0.3) is 0 Å². The number of pyridine rings is 1. The first kappa shape index (κ1) is 13.8. The van der Waals surface area contributed by atoms with E-state index in [1.807, 2.05) is 0 Å². The number of hydrogen-bond donors (Lipinski definition) is 2. The molecule has 0 saturated carbocycles. The number of nitrogens with one attached hydrogen (secondary N) is 1. The Balaban J connectivity index is 2.28. The van der Waals surface area contributed by atoms with Gasteiger partial charge < -0.3 is 11.1 Å². The van der Waals surface area contributed by atoms with Gasteiger partial charge in [-0.3, -0.25) is 9.78 Å². The average molecular weight is 300 g/mol. The van der Waals surface area contributed by atoms with Gasteiger partial charge in [0.05, 0.1) is 12.2 Å². The molecule has 7 nitrogen and oxygen atoms in total. The molecule has 9 heteroatoms. The van der Waals surface area contributed by atoms with E-state index in [4.69, 9.17) is 18.0 Å². The highest BCUT2D eigenvalue weighted by Gasteiger charge is 2.29. The summed E-state index contributed by atoms with van der Waals surface area (Å²) in [6.07, 6.45) is 1.19. The van der Waals surface area contributed by atoms with Crippen LogP contribution in [0, 0.1) is 0 Å². The van der Waals surface area contributed by atoms with E-state index in [0.29, 0.717) is 12.2 Å². The van der Waals surface area contributed by atoms with Crippen molar-refractivity contribution in [2.24, 2.45) is 5.73 Å². The number of thiocarbonyl (C=S) groups is 1. The molecule has 0 bridgehead atoms. The molecular formula is C10H12N4O3S2. The van der Waals surface area contributed by atoms with Gasteiger partial charge in [0.2, 0.25) is 15.9 Å². The van der Waals surface area contributed by atoms with Gasteiger partial charge in [0.15, 0.2) is 0 Å². The van der Waals surface area contributed by atoms with Crippen molar-refractivity contribution in [3.8, 4) is 0 Å². The number of aromatic nitrogens is 1. The standard InChI is InChI=1S/C10H12N4O3S2/c11-10(18)8-2-1-7(5-13-8)19(16,17)14-4-3-12-9(15)6-14/h1-2,5H,3-4,6H2,(H2,11,18)(H,12,15). The second kappa shape index (κ2) is 5.19. The predicted octanol–water partition coefficient (Wildman–Crippen LogP) is -1.16. The number of nitrogens with two attached hydrogens (primary N) is 1. The maximum absolute atomic E-state index is 12.3. The van der Waals surface area contributed by atoms with Gasteiger partial charge in [0.1, 0.15) is 9.88 Å². The minimum atomic E-state index is -3.71. The number of nitrogens with zero attached hydrogens (tertiary/aromatic N) is 2. The molecule has 1 aliphatic rings.